The van der Waals surface area contributed by atoms with Crippen molar-refractivity contribution in [1.82, 2.24) is 0 Å². The number of methoxy groups -OCH3 is 1. The fraction of sp³-hybridized carbons (Fsp3) is 0.611. The number of benzene rings is 1. The van der Waals surface area contributed by atoms with E-state index >= 15 is 0 Å². The van der Waals surface area contributed by atoms with E-state index in [1.54, 1.807) is 7.11 Å². The third-order valence-electron chi connectivity index (χ3n) is 4.24. The number of cyclic esters (lactones) is 1. The second kappa shape index (κ2) is 8.06. The molecule has 1 fully saturated rings. The highest BCUT2D eigenvalue weighted by Gasteiger charge is 2.30. The second-order valence-electron chi connectivity index (χ2n) is 5.81. The molecule has 0 amide bonds. The summed E-state index contributed by atoms with van der Waals surface area (Å²) in [6, 6.07) is 7.73. The number of ether oxygens (including phenoxy) is 2. The van der Waals surface area contributed by atoms with Crippen molar-refractivity contribution in [2.24, 2.45) is 0 Å². The van der Waals surface area contributed by atoms with E-state index in [1.165, 1.54) is 25.7 Å². The molecule has 3 nitrogen and oxygen atoms in total. The molecule has 21 heavy (non-hydrogen) atoms. The van der Waals surface area contributed by atoms with Gasteiger partial charge in [0.1, 0.15) is 11.9 Å². The first-order valence-corrected chi connectivity index (χ1v) is 8.09. The minimum absolute atomic E-state index is 0.0630. The Balaban J connectivity index is 1.84. The standard InChI is InChI=1S/C18H26O3/c1-3-4-5-6-7-16-12-13-17(18(19)21-16)14-8-10-15(20-2)11-9-14/h8-11,16-17H,3-7,12-13H2,1-2H3. The molecule has 0 spiro atoms. The molecule has 2 rings (SSSR count). The number of carbonyl (C=O) groups is 1. The summed E-state index contributed by atoms with van der Waals surface area (Å²) in [6.07, 6.45) is 7.94. The van der Waals surface area contributed by atoms with Crippen molar-refractivity contribution in [2.75, 3.05) is 7.11 Å². The van der Waals surface area contributed by atoms with Crippen LogP contribution in [0.5, 0.6) is 5.75 Å². The van der Waals surface area contributed by atoms with Gasteiger partial charge in [0.15, 0.2) is 0 Å². The van der Waals surface area contributed by atoms with Gasteiger partial charge in [-0.1, -0.05) is 38.3 Å². The molecule has 1 aliphatic heterocycles. The topological polar surface area (TPSA) is 35.5 Å². The van der Waals surface area contributed by atoms with E-state index < -0.39 is 0 Å². The normalized spacial score (nSPS) is 21.9. The van der Waals surface area contributed by atoms with Crippen LogP contribution in [0.1, 0.15) is 63.4 Å². The Morgan fingerprint density at radius 2 is 1.90 bits per heavy atom. The molecular weight excluding hydrogens is 264 g/mol. The predicted molar refractivity (Wildman–Crippen MR) is 83.6 cm³/mol. The lowest BCUT2D eigenvalue weighted by Crippen LogP contribution is -2.29. The van der Waals surface area contributed by atoms with Gasteiger partial charge < -0.3 is 9.47 Å². The van der Waals surface area contributed by atoms with Crippen molar-refractivity contribution >= 4 is 5.97 Å². The third kappa shape index (κ3) is 4.48. The lowest BCUT2D eigenvalue weighted by molar-refractivity contribution is -0.156. The first-order chi connectivity index (χ1) is 10.2. The summed E-state index contributed by atoms with van der Waals surface area (Å²) in [7, 11) is 1.65. The van der Waals surface area contributed by atoms with Crippen molar-refractivity contribution < 1.29 is 14.3 Å². The number of esters is 1. The van der Waals surface area contributed by atoms with Gasteiger partial charge >= 0.3 is 5.97 Å². The average Bonchev–Trinajstić information content (AvgIpc) is 2.52. The zero-order chi connectivity index (χ0) is 15.1. The Kier molecular flexibility index (Phi) is 6.09. The zero-order valence-corrected chi connectivity index (χ0v) is 13.1. The monoisotopic (exact) mass is 290 g/mol. The Labute approximate surface area is 127 Å². The molecule has 1 heterocycles. The quantitative estimate of drug-likeness (QED) is 0.549. The minimum Gasteiger partial charge on any atom is -0.497 e. The summed E-state index contributed by atoms with van der Waals surface area (Å²) < 4.78 is 10.8. The molecule has 1 saturated heterocycles. The first kappa shape index (κ1) is 15.9. The molecule has 0 radical (unpaired) electrons. The van der Waals surface area contributed by atoms with Crippen molar-refractivity contribution in [3.05, 3.63) is 29.8 Å². The Morgan fingerprint density at radius 3 is 2.52 bits per heavy atom. The van der Waals surface area contributed by atoms with Crippen LogP contribution in [0.2, 0.25) is 0 Å². The second-order valence-corrected chi connectivity index (χ2v) is 5.81. The van der Waals surface area contributed by atoms with Crippen LogP contribution < -0.4 is 4.74 Å². The maximum Gasteiger partial charge on any atom is 0.313 e. The smallest absolute Gasteiger partial charge is 0.313 e. The van der Waals surface area contributed by atoms with E-state index in [0.717, 1.165) is 30.6 Å². The van der Waals surface area contributed by atoms with Crippen molar-refractivity contribution in [2.45, 2.75) is 63.9 Å². The molecule has 2 atom stereocenters. The molecule has 2 unspecified atom stereocenters. The predicted octanol–water partition coefficient (Wildman–Crippen LogP) is 4.45. The fourth-order valence-corrected chi connectivity index (χ4v) is 2.92. The summed E-state index contributed by atoms with van der Waals surface area (Å²) in [5.74, 6) is 0.645. The van der Waals surface area contributed by atoms with Crippen molar-refractivity contribution in [3.8, 4) is 5.75 Å². The van der Waals surface area contributed by atoms with E-state index in [0.29, 0.717) is 0 Å². The van der Waals surface area contributed by atoms with E-state index in [-0.39, 0.29) is 18.0 Å². The summed E-state index contributed by atoms with van der Waals surface area (Å²) >= 11 is 0. The zero-order valence-electron chi connectivity index (χ0n) is 13.1. The van der Waals surface area contributed by atoms with Crippen LogP contribution >= 0.6 is 0 Å². The number of rotatable bonds is 7. The highest BCUT2D eigenvalue weighted by Crippen LogP contribution is 2.32. The number of hydrogen-bond acceptors (Lipinski definition) is 3. The summed E-state index contributed by atoms with van der Waals surface area (Å²) in [6.45, 7) is 2.21. The minimum atomic E-state index is -0.109. The molecular formula is C18H26O3. The van der Waals surface area contributed by atoms with Crippen LogP contribution in [0.3, 0.4) is 0 Å². The van der Waals surface area contributed by atoms with Crippen LogP contribution in [-0.2, 0) is 9.53 Å². The Hall–Kier alpha value is -1.51. The molecule has 1 aromatic carbocycles. The molecule has 1 aromatic rings. The largest absolute Gasteiger partial charge is 0.497 e. The van der Waals surface area contributed by atoms with Gasteiger partial charge in [0.05, 0.1) is 13.0 Å². The molecule has 1 aliphatic rings. The average molecular weight is 290 g/mol. The molecule has 0 saturated carbocycles. The lowest BCUT2D eigenvalue weighted by atomic mass is 9.89. The van der Waals surface area contributed by atoms with Crippen molar-refractivity contribution in [3.63, 3.8) is 0 Å². The molecule has 0 aromatic heterocycles. The van der Waals surface area contributed by atoms with Gasteiger partial charge in [-0.2, -0.15) is 0 Å². The van der Waals surface area contributed by atoms with E-state index in [2.05, 4.69) is 6.92 Å². The van der Waals surface area contributed by atoms with Gasteiger partial charge in [-0.3, -0.25) is 4.79 Å². The summed E-state index contributed by atoms with van der Waals surface area (Å²) in [4.78, 5) is 12.2. The molecule has 3 heteroatoms. The third-order valence-corrected chi connectivity index (χ3v) is 4.24. The molecule has 0 aliphatic carbocycles. The Morgan fingerprint density at radius 1 is 1.14 bits per heavy atom. The van der Waals surface area contributed by atoms with Crippen LogP contribution in [0, 0.1) is 0 Å². The molecule has 0 bridgehead atoms. The number of carbonyl (C=O) groups excluding carboxylic acids is 1. The summed E-state index contributed by atoms with van der Waals surface area (Å²) in [5.41, 5.74) is 1.03. The maximum atomic E-state index is 12.2. The number of unbranched alkanes of at least 4 members (excludes halogenated alkanes) is 3. The maximum absolute atomic E-state index is 12.2. The van der Waals surface area contributed by atoms with Gasteiger partial charge in [-0.05, 0) is 43.4 Å². The van der Waals surface area contributed by atoms with Crippen LogP contribution in [-0.4, -0.2) is 19.2 Å². The van der Waals surface area contributed by atoms with Gasteiger partial charge in [-0.25, -0.2) is 0 Å². The Bertz CT molecular complexity index is 438. The van der Waals surface area contributed by atoms with Crippen LogP contribution in [0.25, 0.3) is 0 Å². The number of hydrogen-bond donors (Lipinski definition) is 0. The van der Waals surface area contributed by atoms with Crippen LogP contribution in [0.15, 0.2) is 24.3 Å². The van der Waals surface area contributed by atoms with Crippen molar-refractivity contribution in [1.29, 1.82) is 0 Å². The SMILES string of the molecule is CCCCCCC1CCC(c2ccc(OC)cc2)C(=O)O1. The lowest BCUT2D eigenvalue weighted by Gasteiger charge is -2.28. The molecule has 116 valence electrons. The summed E-state index contributed by atoms with van der Waals surface area (Å²) in [5, 5.41) is 0. The van der Waals surface area contributed by atoms with Gasteiger partial charge in [-0.15, -0.1) is 0 Å². The van der Waals surface area contributed by atoms with Gasteiger partial charge in [0.25, 0.3) is 0 Å². The van der Waals surface area contributed by atoms with Gasteiger partial charge in [0.2, 0.25) is 0 Å². The van der Waals surface area contributed by atoms with E-state index in [4.69, 9.17) is 9.47 Å². The highest BCUT2D eigenvalue weighted by molar-refractivity contribution is 5.79. The van der Waals surface area contributed by atoms with Crippen LogP contribution in [0.4, 0.5) is 0 Å². The van der Waals surface area contributed by atoms with E-state index in [1.807, 2.05) is 24.3 Å². The first-order valence-electron chi connectivity index (χ1n) is 8.09. The molecule has 0 N–H and O–H groups in total. The highest BCUT2D eigenvalue weighted by atomic mass is 16.5. The van der Waals surface area contributed by atoms with E-state index in [9.17, 15) is 4.79 Å². The van der Waals surface area contributed by atoms with Gasteiger partial charge in [0, 0.05) is 0 Å². The fourth-order valence-electron chi connectivity index (χ4n) is 2.92.